The summed E-state index contributed by atoms with van der Waals surface area (Å²) in [6.45, 7) is 4.35. The van der Waals surface area contributed by atoms with E-state index in [-0.39, 0.29) is 18.3 Å². The highest BCUT2D eigenvalue weighted by Gasteiger charge is 2.40. The van der Waals surface area contributed by atoms with Crippen LogP contribution < -0.4 is 5.32 Å². The first-order chi connectivity index (χ1) is 9.25. The molecule has 1 heterocycles. The quantitative estimate of drug-likeness (QED) is 0.869. The number of carbonyl (C=O) groups excluding carboxylic acids is 1. The average molecular weight is 301 g/mol. The molecular formula is C16H29ClN2O. The van der Waals surface area contributed by atoms with Crippen molar-refractivity contribution >= 4 is 18.3 Å². The molecule has 116 valence electrons. The van der Waals surface area contributed by atoms with Gasteiger partial charge in [0.15, 0.2) is 0 Å². The van der Waals surface area contributed by atoms with E-state index in [1.807, 2.05) is 0 Å². The van der Waals surface area contributed by atoms with Crippen molar-refractivity contribution in [3.8, 4) is 0 Å². The summed E-state index contributed by atoms with van der Waals surface area (Å²) in [5, 5.41) is 3.39. The van der Waals surface area contributed by atoms with Crippen molar-refractivity contribution in [1.82, 2.24) is 10.2 Å². The van der Waals surface area contributed by atoms with E-state index in [4.69, 9.17) is 0 Å². The van der Waals surface area contributed by atoms with Crippen molar-refractivity contribution in [2.24, 2.45) is 11.8 Å². The first kappa shape index (κ1) is 16.1. The number of piperidine rings is 1. The third-order valence-electron chi connectivity index (χ3n) is 5.22. The summed E-state index contributed by atoms with van der Waals surface area (Å²) in [6, 6.07) is 1.14. The Morgan fingerprint density at radius 3 is 2.10 bits per heavy atom. The Hall–Kier alpha value is -0.280. The van der Waals surface area contributed by atoms with Crippen molar-refractivity contribution in [3.05, 3.63) is 0 Å². The van der Waals surface area contributed by atoms with Gasteiger partial charge in [0.25, 0.3) is 0 Å². The van der Waals surface area contributed by atoms with Crippen LogP contribution in [0.3, 0.4) is 0 Å². The molecular weight excluding hydrogens is 272 g/mol. The molecule has 0 aromatic heterocycles. The third-order valence-corrected chi connectivity index (χ3v) is 5.22. The Bertz CT molecular complexity index is 318. The molecule has 0 spiro atoms. The monoisotopic (exact) mass is 300 g/mol. The van der Waals surface area contributed by atoms with Gasteiger partial charge in [0, 0.05) is 18.6 Å². The summed E-state index contributed by atoms with van der Waals surface area (Å²) < 4.78 is 0. The maximum Gasteiger partial charge on any atom is 0.227 e. The van der Waals surface area contributed by atoms with E-state index in [0.717, 1.165) is 31.8 Å². The lowest BCUT2D eigenvalue weighted by molar-refractivity contribution is -0.140. The smallest absolute Gasteiger partial charge is 0.227 e. The minimum Gasteiger partial charge on any atom is -0.336 e. The van der Waals surface area contributed by atoms with E-state index < -0.39 is 0 Å². The van der Waals surface area contributed by atoms with Crippen molar-refractivity contribution in [3.63, 3.8) is 0 Å². The molecule has 2 aliphatic carbocycles. The van der Waals surface area contributed by atoms with Gasteiger partial charge in [0.1, 0.15) is 0 Å². The minimum atomic E-state index is 0. The van der Waals surface area contributed by atoms with Crippen molar-refractivity contribution in [2.45, 2.75) is 70.4 Å². The SMILES string of the molecule is CC1CCC(N(C(=O)C2CCCNC2)C2CC2)CC1.Cl. The second-order valence-electron chi connectivity index (χ2n) is 6.93. The van der Waals surface area contributed by atoms with Gasteiger partial charge in [-0.3, -0.25) is 4.79 Å². The van der Waals surface area contributed by atoms with E-state index in [1.165, 1.54) is 38.5 Å². The molecule has 1 aliphatic heterocycles. The molecule has 0 radical (unpaired) electrons. The molecule has 1 unspecified atom stereocenters. The fraction of sp³-hybridized carbons (Fsp3) is 0.938. The van der Waals surface area contributed by atoms with E-state index in [2.05, 4.69) is 17.1 Å². The molecule has 0 aromatic rings. The number of hydrogen-bond acceptors (Lipinski definition) is 2. The summed E-state index contributed by atoms with van der Waals surface area (Å²) in [4.78, 5) is 15.2. The Kier molecular flexibility index (Phi) is 5.74. The zero-order valence-electron chi connectivity index (χ0n) is 12.6. The highest BCUT2D eigenvalue weighted by atomic mass is 35.5. The molecule has 3 aliphatic rings. The number of nitrogens with one attached hydrogen (secondary N) is 1. The molecule has 2 saturated carbocycles. The van der Waals surface area contributed by atoms with Crippen LogP contribution in [0.2, 0.25) is 0 Å². The summed E-state index contributed by atoms with van der Waals surface area (Å²) >= 11 is 0. The molecule has 4 heteroatoms. The number of nitrogens with zero attached hydrogens (tertiary/aromatic N) is 1. The Labute approximate surface area is 129 Å². The molecule has 1 N–H and O–H groups in total. The van der Waals surface area contributed by atoms with Gasteiger partial charge in [-0.1, -0.05) is 6.92 Å². The van der Waals surface area contributed by atoms with Gasteiger partial charge in [-0.05, 0) is 63.8 Å². The van der Waals surface area contributed by atoms with Crippen molar-refractivity contribution < 1.29 is 4.79 Å². The third kappa shape index (κ3) is 3.67. The molecule has 1 saturated heterocycles. The van der Waals surface area contributed by atoms with E-state index in [9.17, 15) is 4.79 Å². The topological polar surface area (TPSA) is 32.3 Å². The predicted molar refractivity (Wildman–Crippen MR) is 84.1 cm³/mol. The van der Waals surface area contributed by atoms with Gasteiger partial charge in [-0.25, -0.2) is 0 Å². The fourth-order valence-electron chi connectivity index (χ4n) is 3.80. The molecule has 3 nitrogen and oxygen atoms in total. The normalized spacial score (nSPS) is 34.1. The lowest BCUT2D eigenvalue weighted by Gasteiger charge is -2.39. The van der Waals surface area contributed by atoms with Crippen LogP contribution in [0.4, 0.5) is 0 Å². The van der Waals surface area contributed by atoms with Gasteiger partial charge in [-0.15, -0.1) is 12.4 Å². The molecule has 1 amide bonds. The maximum atomic E-state index is 12.8. The van der Waals surface area contributed by atoms with Crippen LogP contribution in [0.25, 0.3) is 0 Å². The molecule has 0 aromatic carbocycles. The zero-order valence-corrected chi connectivity index (χ0v) is 13.5. The van der Waals surface area contributed by atoms with Crippen LogP contribution in [-0.2, 0) is 4.79 Å². The first-order valence-corrected chi connectivity index (χ1v) is 8.28. The van der Waals surface area contributed by atoms with Crippen LogP contribution in [0.1, 0.15) is 58.3 Å². The molecule has 3 rings (SSSR count). The van der Waals surface area contributed by atoms with Crippen LogP contribution in [0.5, 0.6) is 0 Å². The Morgan fingerprint density at radius 1 is 1.00 bits per heavy atom. The van der Waals surface area contributed by atoms with Gasteiger partial charge in [0.2, 0.25) is 5.91 Å². The summed E-state index contributed by atoms with van der Waals surface area (Å²) in [6.07, 6.45) is 9.85. The molecule has 0 bridgehead atoms. The number of halogens is 1. The second kappa shape index (κ2) is 7.13. The number of carbonyl (C=O) groups is 1. The first-order valence-electron chi connectivity index (χ1n) is 8.28. The highest BCUT2D eigenvalue weighted by molar-refractivity contribution is 5.85. The fourth-order valence-corrected chi connectivity index (χ4v) is 3.80. The lowest BCUT2D eigenvalue weighted by atomic mass is 9.85. The van der Waals surface area contributed by atoms with E-state index >= 15 is 0 Å². The second-order valence-corrected chi connectivity index (χ2v) is 6.93. The Morgan fingerprint density at radius 2 is 1.60 bits per heavy atom. The Balaban J connectivity index is 0.00000147. The molecule has 3 fully saturated rings. The summed E-state index contributed by atoms with van der Waals surface area (Å²) in [5.74, 6) is 1.59. The average Bonchev–Trinajstić information content (AvgIpc) is 3.27. The number of amides is 1. The molecule has 1 atom stereocenters. The lowest BCUT2D eigenvalue weighted by Crippen LogP contribution is -2.49. The minimum absolute atomic E-state index is 0. The zero-order chi connectivity index (χ0) is 13.2. The van der Waals surface area contributed by atoms with Crippen molar-refractivity contribution in [1.29, 1.82) is 0 Å². The van der Waals surface area contributed by atoms with E-state index in [1.54, 1.807) is 0 Å². The standard InChI is InChI=1S/C16H28N2O.ClH/c1-12-4-6-14(7-5-12)18(15-8-9-15)16(19)13-3-2-10-17-11-13;/h12-15,17H,2-11H2,1H3;1H. The van der Waals surface area contributed by atoms with Gasteiger partial charge in [-0.2, -0.15) is 0 Å². The van der Waals surface area contributed by atoms with Gasteiger partial charge in [0.05, 0.1) is 5.92 Å². The van der Waals surface area contributed by atoms with Crippen molar-refractivity contribution in [2.75, 3.05) is 13.1 Å². The van der Waals surface area contributed by atoms with E-state index in [0.29, 0.717) is 18.0 Å². The summed E-state index contributed by atoms with van der Waals surface area (Å²) in [5.41, 5.74) is 0. The van der Waals surface area contributed by atoms with Crippen LogP contribution >= 0.6 is 12.4 Å². The molecule has 20 heavy (non-hydrogen) atoms. The summed E-state index contributed by atoms with van der Waals surface area (Å²) in [7, 11) is 0. The van der Waals surface area contributed by atoms with Crippen LogP contribution in [0, 0.1) is 11.8 Å². The number of rotatable bonds is 3. The van der Waals surface area contributed by atoms with Crippen LogP contribution in [0.15, 0.2) is 0 Å². The van der Waals surface area contributed by atoms with Gasteiger partial charge >= 0.3 is 0 Å². The number of hydrogen-bond donors (Lipinski definition) is 1. The van der Waals surface area contributed by atoms with Gasteiger partial charge < -0.3 is 10.2 Å². The highest BCUT2D eigenvalue weighted by Crippen LogP contribution is 2.36. The largest absolute Gasteiger partial charge is 0.336 e. The maximum absolute atomic E-state index is 12.8. The van der Waals surface area contributed by atoms with Crippen LogP contribution in [-0.4, -0.2) is 36.0 Å². The predicted octanol–water partition coefficient (Wildman–Crippen LogP) is 2.98.